The third kappa shape index (κ3) is 3.34. The Hall–Kier alpha value is -1.61. The Morgan fingerprint density at radius 3 is 2.43 bits per heavy atom. The summed E-state index contributed by atoms with van der Waals surface area (Å²) in [6.45, 7) is 6.83. The van der Waals surface area contributed by atoms with Gasteiger partial charge < -0.3 is 14.5 Å². The summed E-state index contributed by atoms with van der Waals surface area (Å²) in [5, 5.41) is 5.32. The summed E-state index contributed by atoms with van der Waals surface area (Å²) in [5.41, 5.74) is -0.121. The molecule has 3 aliphatic heterocycles. The third-order valence-electron chi connectivity index (χ3n) is 6.01. The van der Waals surface area contributed by atoms with Gasteiger partial charge in [0.2, 0.25) is 0 Å². The molecule has 1 aliphatic carbocycles. The van der Waals surface area contributed by atoms with E-state index in [0.29, 0.717) is 34.4 Å². The highest BCUT2D eigenvalue weighted by Gasteiger charge is 2.44. The standard InChI is InChI=1S/C20H24BrClFN5O2/c1-20(2,3)30-19(29)27-9-11-6-7-12(27)8-26(11)18-13-15(28(25-18)10-4-5-10)14(23)17(22)24-16(13)21/h10-12H,4-9H2,1-3H3/t11?,12-/m0/s1. The quantitative estimate of drug-likeness (QED) is 0.548. The van der Waals surface area contributed by atoms with Crippen molar-refractivity contribution < 1.29 is 13.9 Å². The maximum absolute atomic E-state index is 15.0. The smallest absolute Gasteiger partial charge is 0.410 e. The second kappa shape index (κ2) is 6.95. The first-order chi connectivity index (χ1) is 14.1. The normalized spacial score (nSPS) is 24.1. The van der Waals surface area contributed by atoms with Gasteiger partial charge in [0.05, 0.1) is 17.5 Å². The Kier molecular flexibility index (Phi) is 4.70. The van der Waals surface area contributed by atoms with Gasteiger partial charge in [-0.25, -0.2) is 14.2 Å². The van der Waals surface area contributed by atoms with E-state index in [2.05, 4.69) is 25.8 Å². The maximum Gasteiger partial charge on any atom is 0.410 e. The van der Waals surface area contributed by atoms with Crippen LogP contribution in [0, 0.1) is 5.82 Å². The highest BCUT2D eigenvalue weighted by Crippen LogP contribution is 2.45. The molecule has 4 fully saturated rings. The van der Waals surface area contributed by atoms with Crippen molar-refractivity contribution in [3.8, 4) is 0 Å². The van der Waals surface area contributed by atoms with E-state index in [-0.39, 0.29) is 29.4 Å². The van der Waals surface area contributed by atoms with Crippen molar-refractivity contribution >= 4 is 50.3 Å². The maximum atomic E-state index is 15.0. The zero-order valence-corrected chi connectivity index (χ0v) is 19.5. The van der Waals surface area contributed by atoms with Crippen LogP contribution >= 0.6 is 27.5 Å². The molecule has 10 heteroatoms. The zero-order chi connectivity index (χ0) is 21.4. The van der Waals surface area contributed by atoms with E-state index >= 15 is 0 Å². The topological polar surface area (TPSA) is 63.5 Å². The lowest BCUT2D eigenvalue weighted by Crippen LogP contribution is -2.64. The zero-order valence-electron chi connectivity index (χ0n) is 17.2. The van der Waals surface area contributed by atoms with Crippen LogP contribution in [0.5, 0.6) is 0 Å². The lowest BCUT2D eigenvalue weighted by atomic mass is 9.91. The van der Waals surface area contributed by atoms with Gasteiger partial charge in [-0.1, -0.05) is 11.6 Å². The lowest BCUT2D eigenvalue weighted by Gasteiger charge is -2.51. The minimum Gasteiger partial charge on any atom is -0.444 e. The van der Waals surface area contributed by atoms with Crippen LogP contribution in [0.15, 0.2) is 4.60 Å². The van der Waals surface area contributed by atoms with Gasteiger partial charge in [0.25, 0.3) is 0 Å². The fourth-order valence-electron chi connectivity index (χ4n) is 4.53. The van der Waals surface area contributed by atoms with Crippen LogP contribution in [0.4, 0.5) is 15.0 Å². The van der Waals surface area contributed by atoms with E-state index in [1.807, 2.05) is 25.7 Å². The van der Waals surface area contributed by atoms with Crippen LogP contribution in [0.25, 0.3) is 10.9 Å². The number of aromatic nitrogens is 3. The second-order valence-electron chi connectivity index (χ2n) is 9.40. The van der Waals surface area contributed by atoms with Gasteiger partial charge >= 0.3 is 6.09 Å². The van der Waals surface area contributed by atoms with E-state index in [0.717, 1.165) is 25.7 Å². The Bertz CT molecular complexity index is 1030. The van der Waals surface area contributed by atoms with Gasteiger partial charge in [-0.05, 0) is 62.4 Å². The number of piperidine rings is 2. The molecule has 3 saturated heterocycles. The molecule has 1 saturated carbocycles. The number of carbonyl (C=O) groups excluding carboxylic acids is 1. The van der Waals surface area contributed by atoms with Crippen molar-refractivity contribution in [1.29, 1.82) is 0 Å². The summed E-state index contributed by atoms with van der Waals surface area (Å²) in [6.07, 6.45) is 3.55. The average Bonchev–Trinajstić information content (AvgIpc) is 3.44. The van der Waals surface area contributed by atoms with Crippen LogP contribution < -0.4 is 4.90 Å². The number of carbonyl (C=O) groups is 1. The Labute approximate surface area is 187 Å². The first kappa shape index (κ1) is 20.3. The van der Waals surface area contributed by atoms with Crippen LogP contribution in [-0.4, -0.2) is 56.5 Å². The number of pyridine rings is 1. The van der Waals surface area contributed by atoms with E-state index in [1.165, 1.54) is 0 Å². The van der Waals surface area contributed by atoms with Gasteiger partial charge in [0.15, 0.2) is 16.8 Å². The molecular weight excluding hydrogens is 477 g/mol. The van der Waals surface area contributed by atoms with E-state index in [9.17, 15) is 9.18 Å². The van der Waals surface area contributed by atoms with Crippen LogP contribution in [0.2, 0.25) is 5.15 Å². The number of ether oxygens (including phenoxy) is 1. The third-order valence-corrected chi connectivity index (χ3v) is 6.83. The number of anilines is 1. The summed E-state index contributed by atoms with van der Waals surface area (Å²) < 4.78 is 22.8. The number of amides is 1. The number of nitrogens with zero attached hydrogens (tertiary/aromatic N) is 5. The highest BCUT2D eigenvalue weighted by atomic mass is 79.9. The molecule has 2 bridgehead atoms. The molecule has 30 heavy (non-hydrogen) atoms. The largest absolute Gasteiger partial charge is 0.444 e. The molecule has 0 spiro atoms. The SMILES string of the molecule is CC(C)(C)OC(=O)N1CC2CC[C@H]1CN2c1nn(C2CC2)c2c(F)c(Cl)nc(Br)c12. The number of fused-ring (bicyclic) bond motifs is 4. The Morgan fingerprint density at radius 2 is 1.83 bits per heavy atom. The van der Waals surface area contributed by atoms with Crippen molar-refractivity contribution in [3.63, 3.8) is 0 Å². The van der Waals surface area contributed by atoms with E-state index in [1.54, 1.807) is 4.68 Å². The molecule has 5 heterocycles. The van der Waals surface area contributed by atoms with Gasteiger partial charge in [0, 0.05) is 19.1 Å². The summed E-state index contributed by atoms with van der Waals surface area (Å²) >= 11 is 9.50. The molecule has 0 radical (unpaired) electrons. The predicted molar refractivity (Wildman–Crippen MR) is 116 cm³/mol. The van der Waals surface area contributed by atoms with Crippen molar-refractivity contribution in [3.05, 3.63) is 15.6 Å². The fraction of sp³-hybridized carbons (Fsp3) is 0.650. The lowest BCUT2D eigenvalue weighted by molar-refractivity contribution is 0.000806. The number of halogens is 3. The van der Waals surface area contributed by atoms with Crippen molar-refractivity contribution in [2.75, 3.05) is 18.0 Å². The molecule has 0 N–H and O–H groups in total. The monoisotopic (exact) mass is 499 g/mol. The van der Waals surface area contributed by atoms with Gasteiger partial charge in [-0.3, -0.25) is 4.68 Å². The molecular formula is C20H24BrClFN5O2. The minimum atomic E-state index is -0.530. The van der Waals surface area contributed by atoms with Crippen molar-refractivity contribution in [2.24, 2.45) is 0 Å². The molecule has 2 aromatic heterocycles. The molecule has 4 aliphatic rings. The molecule has 1 unspecified atom stereocenters. The number of hydrogen-bond donors (Lipinski definition) is 0. The minimum absolute atomic E-state index is 0.0369. The predicted octanol–water partition coefficient (Wildman–Crippen LogP) is 4.91. The average molecular weight is 501 g/mol. The van der Waals surface area contributed by atoms with Gasteiger partial charge in [0.1, 0.15) is 15.7 Å². The molecule has 7 nitrogen and oxygen atoms in total. The van der Waals surface area contributed by atoms with Gasteiger partial charge in [-0.15, -0.1) is 0 Å². The van der Waals surface area contributed by atoms with Crippen LogP contribution in [0.3, 0.4) is 0 Å². The molecule has 2 aromatic rings. The fourth-order valence-corrected chi connectivity index (χ4v) is 5.35. The summed E-state index contributed by atoms with van der Waals surface area (Å²) in [5.74, 6) is 0.184. The molecule has 1 amide bonds. The molecule has 162 valence electrons. The number of piperazine rings is 1. The van der Waals surface area contributed by atoms with Crippen LogP contribution in [0.1, 0.15) is 52.5 Å². The first-order valence-electron chi connectivity index (χ1n) is 10.3. The highest BCUT2D eigenvalue weighted by molar-refractivity contribution is 9.10. The first-order valence-corrected chi connectivity index (χ1v) is 11.5. The second-order valence-corrected chi connectivity index (χ2v) is 10.5. The Balaban J connectivity index is 1.51. The molecule has 6 rings (SSSR count). The van der Waals surface area contributed by atoms with Gasteiger partial charge in [-0.2, -0.15) is 5.10 Å². The molecule has 0 aromatic carbocycles. The van der Waals surface area contributed by atoms with Crippen molar-refractivity contribution in [1.82, 2.24) is 19.7 Å². The Morgan fingerprint density at radius 1 is 1.17 bits per heavy atom. The van der Waals surface area contributed by atoms with Crippen LogP contribution in [-0.2, 0) is 4.74 Å². The summed E-state index contributed by atoms with van der Waals surface area (Å²) in [6, 6.07) is 0.329. The summed E-state index contributed by atoms with van der Waals surface area (Å²) in [7, 11) is 0. The van der Waals surface area contributed by atoms with Crippen molar-refractivity contribution in [2.45, 2.75) is 70.2 Å². The number of hydrogen-bond acceptors (Lipinski definition) is 5. The summed E-state index contributed by atoms with van der Waals surface area (Å²) in [4.78, 5) is 20.9. The number of rotatable bonds is 2. The van der Waals surface area contributed by atoms with E-state index < -0.39 is 11.4 Å². The van der Waals surface area contributed by atoms with E-state index in [4.69, 9.17) is 21.4 Å². The molecule has 2 atom stereocenters.